The van der Waals surface area contributed by atoms with E-state index in [1.54, 1.807) is 13.8 Å². The van der Waals surface area contributed by atoms with Gasteiger partial charge in [-0.05, 0) is 26.0 Å². The van der Waals surface area contributed by atoms with Crippen molar-refractivity contribution in [1.29, 1.82) is 0 Å². The SMILES string of the molecule is CCOC(=O)c1sc(N)c(C(=O)OCC)c1COC(=O)c1ccc(Cl)nc1. The lowest BCUT2D eigenvalue weighted by Crippen LogP contribution is -2.14. The Morgan fingerprint density at radius 3 is 2.33 bits per heavy atom. The van der Waals surface area contributed by atoms with Crippen LogP contribution in [-0.4, -0.2) is 36.1 Å². The maximum atomic E-state index is 12.2. The van der Waals surface area contributed by atoms with E-state index >= 15 is 0 Å². The molecule has 0 aliphatic carbocycles. The molecule has 144 valence electrons. The Kier molecular flexibility index (Phi) is 7.14. The number of carbonyl (C=O) groups is 3. The smallest absolute Gasteiger partial charge is 0.348 e. The van der Waals surface area contributed by atoms with Gasteiger partial charge in [0.2, 0.25) is 0 Å². The molecule has 0 unspecified atom stereocenters. The maximum Gasteiger partial charge on any atom is 0.348 e. The summed E-state index contributed by atoms with van der Waals surface area (Å²) in [5.74, 6) is -2.07. The molecule has 2 heterocycles. The molecule has 2 aromatic rings. The third kappa shape index (κ3) is 4.95. The lowest BCUT2D eigenvalue weighted by molar-refractivity contribution is 0.0437. The second-order valence-corrected chi connectivity index (χ2v) is 6.48. The number of nitrogens with zero attached hydrogens (tertiary/aromatic N) is 1. The minimum atomic E-state index is -0.707. The van der Waals surface area contributed by atoms with Gasteiger partial charge in [-0.15, -0.1) is 11.3 Å². The van der Waals surface area contributed by atoms with E-state index in [0.717, 1.165) is 11.3 Å². The average molecular weight is 413 g/mol. The van der Waals surface area contributed by atoms with E-state index in [1.807, 2.05) is 0 Å². The molecule has 0 radical (unpaired) electrons. The number of esters is 3. The number of hydrogen-bond acceptors (Lipinski definition) is 9. The van der Waals surface area contributed by atoms with Crippen LogP contribution in [0.3, 0.4) is 0 Å². The molecular weight excluding hydrogens is 396 g/mol. The Morgan fingerprint density at radius 2 is 1.74 bits per heavy atom. The van der Waals surface area contributed by atoms with Crippen molar-refractivity contribution in [3.8, 4) is 0 Å². The summed E-state index contributed by atoms with van der Waals surface area (Å²) in [7, 11) is 0. The number of anilines is 1. The molecule has 0 amide bonds. The first-order valence-corrected chi connectivity index (χ1v) is 9.12. The fraction of sp³-hybridized carbons (Fsp3) is 0.294. The van der Waals surface area contributed by atoms with Gasteiger partial charge in [-0.2, -0.15) is 0 Å². The molecule has 0 saturated carbocycles. The molecule has 0 bridgehead atoms. The number of aromatic nitrogens is 1. The second-order valence-electron chi connectivity index (χ2n) is 5.04. The highest BCUT2D eigenvalue weighted by molar-refractivity contribution is 7.18. The molecule has 10 heteroatoms. The van der Waals surface area contributed by atoms with Gasteiger partial charge in [0.15, 0.2) is 0 Å². The molecule has 0 saturated heterocycles. The normalized spacial score (nSPS) is 10.3. The molecule has 2 rings (SSSR count). The summed E-state index contributed by atoms with van der Waals surface area (Å²) < 4.78 is 15.2. The average Bonchev–Trinajstić information content (AvgIpc) is 2.97. The summed E-state index contributed by atoms with van der Waals surface area (Å²) in [4.78, 5) is 40.5. The highest BCUT2D eigenvalue weighted by Gasteiger charge is 2.28. The fourth-order valence-corrected chi connectivity index (χ4v) is 3.20. The fourth-order valence-electron chi connectivity index (χ4n) is 2.13. The Balaban J connectivity index is 2.31. The zero-order chi connectivity index (χ0) is 20.0. The number of ether oxygens (including phenoxy) is 3. The van der Waals surface area contributed by atoms with E-state index in [-0.39, 0.29) is 51.5 Å². The number of rotatable bonds is 7. The van der Waals surface area contributed by atoms with Crippen LogP contribution in [0.25, 0.3) is 0 Å². The first kappa shape index (κ1) is 20.7. The van der Waals surface area contributed by atoms with Crippen LogP contribution in [0.5, 0.6) is 0 Å². The molecule has 2 N–H and O–H groups in total. The van der Waals surface area contributed by atoms with Crippen molar-refractivity contribution in [3.05, 3.63) is 45.1 Å². The lowest BCUT2D eigenvalue weighted by Gasteiger charge is -2.09. The van der Waals surface area contributed by atoms with Crippen LogP contribution in [0.4, 0.5) is 5.00 Å². The predicted octanol–water partition coefficient (Wildman–Crippen LogP) is 3.09. The molecule has 0 aliphatic rings. The first-order valence-electron chi connectivity index (χ1n) is 7.93. The van der Waals surface area contributed by atoms with Gasteiger partial charge in [-0.1, -0.05) is 11.6 Å². The molecular formula is C17H17ClN2O6S. The largest absolute Gasteiger partial charge is 0.462 e. The number of nitrogens with two attached hydrogens (primary N) is 1. The van der Waals surface area contributed by atoms with Gasteiger partial charge in [0.25, 0.3) is 0 Å². The molecule has 0 aromatic carbocycles. The summed E-state index contributed by atoms with van der Waals surface area (Å²) in [5.41, 5.74) is 6.19. The lowest BCUT2D eigenvalue weighted by atomic mass is 10.1. The Labute approximate surface area is 164 Å². The summed E-state index contributed by atoms with van der Waals surface area (Å²) in [5, 5.41) is 0.307. The maximum absolute atomic E-state index is 12.2. The van der Waals surface area contributed by atoms with Crippen molar-refractivity contribution in [1.82, 2.24) is 4.98 Å². The van der Waals surface area contributed by atoms with Gasteiger partial charge >= 0.3 is 17.9 Å². The van der Waals surface area contributed by atoms with Crippen molar-refractivity contribution in [2.75, 3.05) is 18.9 Å². The topological polar surface area (TPSA) is 118 Å². The Bertz CT molecular complexity index is 850. The summed E-state index contributed by atoms with van der Waals surface area (Å²) in [6, 6.07) is 2.88. The summed E-state index contributed by atoms with van der Waals surface area (Å²) in [6.07, 6.45) is 1.26. The van der Waals surface area contributed by atoms with Crippen molar-refractivity contribution >= 4 is 45.8 Å². The third-order valence-electron chi connectivity index (χ3n) is 3.29. The van der Waals surface area contributed by atoms with Crippen LogP contribution in [0, 0.1) is 0 Å². The van der Waals surface area contributed by atoms with Crippen molar-refractivity contribution in [2.24, 2.45) is 0 Å². The van der Waals surface area contributed by atoms with E-state index in [0.29, 0.717) is 0 Å². The van der Waals surface area contributed by atoms with Crippen LogP contribution >= 0.6 is 22.9 Å². The van der Waals surface area contributed by atoms with Gasteiger partial charge in [0, 0.05) is 11.8 Å². The molecule has 27 heavy (non-hydrogen) atoms. The van der Waals surface area contributed by atoms with Crippen LogP contribution in [0.2, 0.25) is 5.15 Å². The molecule has 8 nitrogen and oxygen atoms in total. The van der Waals surface area contributed by atoms with Crippen molar-refractivity contribution < 1.29 is 28.6 Å². The number of nitrogen functional groups attached to an aromatic ring is 1. The molecule has 2 aromatic heterocycles. The molecule has 0 fully saturated rings. The van der Waals surface area contributed by atoms with E-state index < -0.39 is 17.9 Å². The Morgan fingerprint density at radius 1 is 1.07 bits per heavy atom. The Hall–Kier alpha value is -2.65. The van der Waals surface area contributed by atoms with Gasteiger partial charge in [0.05, 0.1) is 18.8 Å². The standard InChI is InChI=1S/C17H17ClN2O6S/c1-3-24-16(22)12-10(13(27-14(12)19)17(23)25-4-2)8-26-15(21)9-5-6-11(18)20-7-9/h5-7H,3-4,8,19H2,1-2H3. The van der Waals surface area contributed by atoms with Crippen LogP contribution in [-0.2, 0) is 20.8 Å². The minimum Gasteiger partial charge on any atom is -0.462 e. The van der Waals surface area contributed by atoms with E-state index in [1.165, 1.54) is 18.3 Å². The van der Waals surface area contributed by atoms with Gasteiger partial charge in [-0.3, -0.25) is 0 Å². The number of pyridine rings is 1. The van der Waals surface area contributed by atoms with Crippen molar-refractivity contribution in [3.63, 3.8) is 0 Å². The zero-order valence-electron chi connectivity index (χ0n) is 14.6. The van der Waals surface area contributed by atoms with Crippen LogP contribution in [0.15, 0.2) is 18.3 Å². The van der Waals surface area contributed by atoms with E-state index in [2.05, 4.69) is 4.98 Å². The van der Waals surface area contributed by atoms with E-state index in [9.17, 15) is 14.4 Å². The van der Waals surface area contributed by atoms with E-state index in [4.69, 9.17) is 31.5 Å². The number of thiophene rings is 1. The molecule has 0 atom stereocenters. The van der Waals surface area contributed by atoms with Crippen molar-refractivity contribution in [2.45, 2.75) is 20.5 Å². The van der Waals surface area contributed by atoms with Crippen LogP contribution < -0.4 is 5.73 Å². The summed E-state index contributed by atoms with van der Waals surface area (Å²) >= 11 is 6.56. The quantitative estimate of drug-likeness (QED) is 0.418. The third-order valence-corrected chi connectivity index (χ3v) is 4.55. The second kappa shape index (κ2) is 9.33. The highest BCUT2D eigenvalue weighted by atomic mass is 35.5. The van der Waals surface area contributed by atoms with Crippen LogP contribution in [0.1, 0.15) is 49.8 Å². The highest BCUT2D eigenvalue weighted by Crippen LogP contribution is 2.33. The predicted molar refractivity (Wildman–Crippen MR) is 99.0 cm³/mol. The van der Waals surface area contributed by atoms with Gasteiger partial charge < -0.3 is 19.9 Å². The molecule has 0 spiro atoms. The first-order chi connectivity index (χ1) is 12.9. The minimum absolute atomic E-state index is 0.00747. The zero-order valence-corrected chi connectivity index (χ0v) is 16.2. The number of halogens is 1. The van der Waals surface area contributed by atoms with Gasteiger partial charge in [-0.25, -0.2) is 19.4 Å². The number of carbonyl (C=O) groups excluding carboxylic acids is 3. The molecule has 0 aliphatic heterocycles. The monoisotopic (exact) mass is 412 g/mol. The summed E-state index contributed by atoms with van der Waals surface area (Å²) in [6.45, 7) is 3.19. The number of hydrogen-bond donors (Lipinski definition) is 1. The van der Waals surface area contributed by atoms with Gasteiger partial charge in [0.1, 0.15) is 27.2 Å².